The zero-order chi connectivity index (χ0) is 4.12. The zero-order valence-electron chi connectivity index (χ0n) is 2.90. The first-order valence-electron chi connectivity index (χ1n) is 1.31. The Bertz CT molecular complexity index is 28.1. The van der Waals surface area contributed by atoms with Crippen molar-refractivity contribution in [2.45, 2.75) is 0 Å². The SMILES string of the molecule is [CH2]COC=N. The second-order valence-corrected chi connectivity index (χ2v) is 0.489. The highest BCUT2D eigenvalue weighted by molar-refractivity contribution is 5.40. The third kappa shape index (κ3) is 3.47. The fraction of sp³-hybridized carbons (Fsp3) is 0.333. The van der Waals surface area contributed by atoms with Crippen molar-refractivity contribution < 1.29 is 4.74 Å². The van der Waals surface area contributed by atoms with Gasteiger partial charge in [0.1, 0.15) is 0 Å². The van der Waals surface area contributed by atoms with Gasteiger partial charge in [-0.05, 0) is 6.92 Å². The third-order valence-corrected chi connectivity index (χ3v) is 0.201. The van der Waals surface area contributed by atoms with E-state index in [1.807, 2.05) is 0 Å². The van der Waals surface area contributed by atoms with Crippen LogP contribution in [-0.4, -0.2) is 13.0 Å². The molecule has 0 unspecified atom stereocenters. The largest absolute Gasteiger partial charge is 0.484 e. The Morgan fingerprint density at radius 3 is 2.60 bits per heavy atom. The van der Waals surface area contributed by atoms with Gasteiger partial charge in [0, 0.05) is 0 Å². The van der Waals surface area contributed by atoms with Gasteiger partial charge in [-0.15, -0.1) is 0 Å². The standard InChI is InChI=1S/C3H6NO/c1-2-5-3-4/h3-4H,1-2H2. The molecule has 0 rings (SSSR count). The minimum Gasteiger partial charge on any atom is -0.484 e. The van der Waals surface area contributed by atoms with Gasteiger partial charge in [0.2, 0.25) is 0 Å². The summed E-state index contributed by atoms with van der Waals surface area (Å²) in [6, 6.07) is 0. The number of rotatable bonds is 2. The predicted octanol–water partition coefficient (Wildman–Crippen LogP) is 0.444. The monoisotopic (exact) mass is 72.0 g/mol. The van der Waals surface area contributed by atoms with Gasteiger partial charge >= 0.3 is 0 Å². The quantitative estimate of drug-likeness (QED) is 0.372. The fourth-order valence-corrected chi connectivity index (χ4v) is 0.0589. The van der Waals surface area contributed by atoms with E-state index in [4.69, 9.17) is 5.41 Å². The second kappa shape index (κ2) is 3.47. The van der Waals surface area contributed by atoms with E-state index < -0.39 is 0 Å². The molecule has 29 valence electrons. The van der Waals surface area contributed by atoms with E-state index in [1.54, 1.807) is 0 Å². The van der Waals surface area contributed by atoms with Crippen LogP contribution in [0.3, 0.4) is 0 Å². The van der Waals surface area contributed by atoms with E-state index >= 15 is 0 Å². The Labute approximate surface area is 31.3 Å². The highest BCUT2D eigenvalue weighted by Crippen LogP contribution is 1.55. The zero-order valence-corrected chi connectivity index (χ0v) is 2.90. The molecule has 2 heteroatoms. The number of hydrogen-bond donors (Lipinski definition) is 1. The molecule has 0 bridgehead atoms. The lowest BCUT2D eigenvalue weighted by Gasteiger charge is -1.82. The highest BCUT2D eigenvalue weighted by atomic mass is 16.5. The van der Waals surface area contributed by atoms with E-state index in [2.05, 4.69) is 11.7 Å². The topological polar surface area (TPSA) is 33.1 Å². The summed E-state index contributed by atoms with van der Waals surface area (Å²) >= 11 is 0. The Morgan fingerprint density at radius 2 is 2.60 bits per heavy atom. The van der Waals surface area contributed by atoms with Crippen molar-refractivity contribution in [1.82, 2.24) is 0 Å². The molecule has 0 aliphatic heterocycles. The first kappa shape index (κ1) is 4.47. The van der Waals surface area contributed by atoms with Crippen LogP contribution in [0.15, 0.2) is 0 Å². The maximum absolute atomic E-state index is 6.22. The van der Waals surface area contributed by atoms with E-state index in [0.717, 1.165) is 6.40 Å². The van der Waals surface area contributed by atoms with Crippen LogP contribution in [0.5, 0.6) is 0 Å². The molecule has 1 radical (unpaired) electrons. The molecule has 0 aromatic heterocycles. The fourth-order valence-electron chi connectivity index (χ4n) is 0.0589. The van der Waals surface area contributed by atoms with Gasteiger partial charge in [-0.1, -0.05) is 0 Å². The maximum Gasteiger partial charge on any atom is 0.166 e. The Hall–Kier alpha value is -0.530. The summed E-state index contributed by atoms with van der Waals surface area (Å²) in [7, 11) is 0. The summed E-state index contributed by atoms with van der Waals surface area (Å²) in [5, 5.41) is 6.22. The molecule has 0 saturated carbocycles. The summed E-state index contributed by atoms with van der Waals surface area (Å²) in [5.41, 5.74) is 0. The first-order valence-corrected chi connectivity index (χ1v) is 1.31. The maximum atomic E-state index is 6.22. The van der Waals surface area contributed by atoms with E-state index in [9.17, 15) is 0 Å². The Kier molecular flexibility index (Phi) is 3.10. The number of nitrogens with one attached hydrogen (secondary N) is 1. The molecule has 0 amide bonds. The van der Waals surface area contributed by atoms with Crippen molar-refractivity contribution in [3.8, 4) is 0 Å². The molecule has 0 atom stereocenters. The molecule has 0 heterocycles. The summed E-state index contributed by atoms with van der Waals surface area (Å²) in [6.45, 7) is 3.65. The Balaban J connectivity index is 2.40. The average Bonchev–Trinajstić information content (AvgIpc) is 1.41. The van der Waals surface area contributed by atoms with Gasteiger partial charge in [-0.3, -0.25) is 5.41 Å². The van der Waals surface area contributed by atoms with Crippen LogP contribution in [0.4, 0.5) is 0 Å². The van der Waals surface area contributed by atoms with Gasteiger partial charge in [0.05, 0.1) is 6.61 Å². The summed E-state index contributed by atoms with van der Waals surface area (Å²) < 4.78 is 4.26. The number of hydrogen-bond acceptors (Lipinski definition) is 2. The first-order chi connectivity index (χ1) is 2.41. The summed E-state index contributed by atoms with van der Waals surface area (Å²) in [5.74, 6) is 0. The molecule has 5 heavy (non-hydrogen) atoms. The van der Waals surface area contributed by atoms with Crippen LogP contribution in [0.2, 0.25) is 0 Å². The molecule has 0 spiro atoms. The molecule has 2 nitrogen and oxygen atoms in total. The minimum absolute atomic E-state index is 0.351. The Morgan fingerprint density at radius 1 is 2.00 bits per heavy atom. The van der Waals surface area contributed by atoms with E-state index in [0.29, 0.717) is 6.61 Å². The van der Waals surface area contributed by atoms with Crippen molar-refractivity contribution in [1.29, 1.82) is 5.41 Å². The van der Waals surface area contributed by atoms with Crippen LogP contribution in [-0.2, 0) is 4.74 Å². The lowest BCUT2D eigenvalue weighted by atomic mass is 10.9. The summed E-state index contributed by atoms with van der Waals surface area (Å²) in [6.07, 6.45) is 0.868. The van der Waals surface area contributed by atoms with Crippen molar-refractivity contribution in [2.75, 3.05) is 6.61 Å². The lowest BCUT2D eigenvalue weighted by molar-refractivity contribution is 0.363. The van der Waals surface area contributed by atoms with Crippen LogP contribution in [0.1, 0.15) is 0 Å². The molecular formula is C3H6NO. The van der Waals surface area contributed by atoms with Crippen LogP contribution in [0, 0.1) is 12.3 Å². The van der Waals surface area contributed by atoms with Crippen molar-refractivity contribution in [2.24, 2.45) is 0 Å². The minimum atomic E-state index is 0.351. The molecule has 0 aromatic rings. The second-order valence-electron chi connectivity index (χ2n) is 0.489. The smallest absolute Gasteiger partial charge is 0.166 e. The molecule has 1 N–H and O–H groups in total. The molecule has 0 aliphatic carbocycles. The number of ether oxygens (including phenoxy) is 1. The molecule has 0 fully saturated rings. The van der Waals surface area contributed by atoms with Gasteiger partial charge in [-0.2, -0.15) is 0 Å². The predicted molar refractivity (Wildman–Crippen MR) is 20.1 cm³/mol. The average molecular weight is 72.1 g/mol. The lowest BCUT2D eigenvalue weighted by Crippen LogP contribution is -1.80. The van der Waals surface area contributed by atoms with Crippen molar-refractivity contribution in [3.05, 3.63) is 6.92 Å². The summed E-state index contributed by atoms with van der Waals surface area (Å²) in [4.78, 5) is 0. The molecule has 0 aromatic carbocycles. The van der Waals surface area contributed by atoms with Crippen molar-refractivity contribution >= 4 is 6.40 Å². The van der Waals surface area contributed by atoms with Crippen LogP contribution >= 0.6 is 0 Å². The van der Waals surface area contributed by atoms with Gasteiger partial charge in [0.15, 0.2) is 6.40 Å². The van der Waals surface area contributed by atoms with E-state index in [-0.39, 0.29) is 0 Å². The van der Waals surface area contributed by atoms with Gasteiger partial charge in [0.25, 0.3) is 0 Å². The highest BCUT2D eigenvalue weighted by Gasteiger charge is 1.57. The van der Waals surface area contributed by atoms with Crippen LogP contribution in [0.25, 0.3) is 0 Å². The molecule has 0 aliphatic rings. The van der Waals surface area contributed by atoms with Crippen LogP contribution < -0.4 is 0 Å². The third-order valence-electron chi connectivity index (χ3n) is 0.201. The van der Waals surface area contributed by atoms with Gasteiger partial charge < -0.3 is 4.74 Å². The van der Waals surface area contributed by atoms with Gasteiger partial charge in [-0.25, -0.2) is 0 Å². The molecular weight excluding hydrogens is 66.0 g/mol. The van der Waals surface area contributed by atoms with E-state index in [1.165, 1.54) is 0 Å². The molecule has 0 saturated heterocycles. The van der Waals surface area contributed by atoms with Crippen molar-refractivity contribution in [3.63, 3.8) is 0 Å². The normalized spacial score (nSPS) is 6.60.